The van der Waals surface area contributed by atoms with Crippen LogP contribution in [0, 0.1) is 26.7 Å². The summed E-state index contributed by atoms with van der Waals surface area (Å²) in [5.41, 5.74) is 3.95. The molecule has 0 fully saturated rings. The van der Waals surface area contributed by atoms with E-state index in [-0.39, 0.29) is 5.92 Å². The molecular weight excluding hydrogens is 228 g/mol. The Bertz CT molecular complexity index is 461. The lowest BCUT2D eigenvalue weighted by Crippen LogP contribution is -2.20. The first-order valence-corrected chi connectivity index (χ1v) is 6.18. The van der Waals surface area contributed by atoms with Gasteiger partial charge in [0.2, 0.25) is 0 Å². The van der Waals surface area contributed by atoms with Crippen LogP contribution in [-0.4, -0.2) is 18.2 Å². The minimum Gasteiger partial charge on any atom is -0.496 e. The van der Waals surface area contributed by atoms with Crippen molar-refractivity contribution < 1.29 is 14.6 Å². The second-order valence-electron chi connectivity index (χ2n) is 5.12. The Morgan fingerprint density at radius 3 is 2.17 bits per heavy atom. The Balaban J connectivity index is 3.49. The highest BCUT2D eigenvalue weighted by Gasteiger charge is 2.28. The zero-order chi connectivity index (χ0) is 14.0. The first kappa shape index (κ1) is 14.6. The molecule has 3 nitrogen and oxygen atoms in total. The molecule has 1 N–H and O–H groups in total. The van der Waals surface area contributed by atoms with Crippen LogP contribution in [0.4, 0.5) is 0 Å². The number of carbonyl (C=O) groups is 1. The van der Waals surface area contributed by atoms with Crippen LogP contribution in [0.15, 0.2) is 6.07 Å². The second kappa shape index (κ2) is 5.42. The van der Waals surface area contributed by atoms with E-state index in [1.54, 1.807) is 7.11 Å². The van der Waals surface area contributed by atoms with Gasteiger partial charge < -0.3 is 9.84 Å². The number of hydrogen-bond acceptors (Lipinski definition) is 2. The van der Waals surface area contributed by atoms with Crippen LogP contribution in [0.1, 0.15) is 42.0 Å². The number of carboxylic acids is 1. The minimum atomic E-state index is -0.763. The molecular formula is C15H22O3. The Kier molecular flexibility index (Phi) is 4.38. The Morgan fingerprint density at radius 1 is 1.22 bits per heavy atom. The van der Waals surface area contributed by atoms with Gasteiger partial charge in [-0.2, -0.15) is 0 Å². The summed E-state index contributed by atoms with van der Waals surface area (Å²) >= 11 is 0. The highest BCUT2D eigenvalue weighted by atomic mass is 16.5. The molecule has 0 saturated carbocycles. The van der Waals surface area contributed by atoms with Crippen LogP contribution >= 0.6 is 0 Å². The summed E-state index contributed by atoms with van der Waals surface area (Å²) in [7, 11) is 1.64. The maximum Gasteiger partial charge on any atom is 0.311 e. The third-order valence-corrected chi connectivity index (χ3v) is 3.57. The Labute approximate surface area is 109 Å². The van der Waals surface area contributed by atoms with E-state index < -0.39 is 11.9 Å². The average molecular weight is 250 g/mol. The topological polar surface area (TPSA) is 46.5 Å². The molecule has 1 atom stereocenters. The molecule has 100 valence electrons. The van der Waals surface area contributed by atoms with Crippen molar-refractivity contribution in [1.82, 2.24) is 0 Å². The SMILES string of the molecule is COc1cc(C)c(C(C(=O)O)C(C)C)c(C)c1C. The normalized spacial score (nSPS) is 12.6. The van der Waals surface area contributed by atoms with Crippen molar-refractivity contribution in [2.45, 2.75) is 40.5 Å². The predicted molar refractivity (Wildman–Crippen MR) is 72.4 cm³/mol. The lowest BCUT2D eigenvalue weighted by Gasteiger charge is -2.23. The number of hydrogen-bond donors (Lipinski definition) is 1. The van der Waals surface area contributed by atoms with E-state index in [4.69, 9.17) is 4.74 Å². The van der Waals surface area contributed by atoms with Crippen LogP contribution in [0.3, 0.4) is 0 Å². The third-order valence-electron chi connectivity index (χ3n) is 3.57. The largest absolute Gasteiger partial charge is 0.496 e. The van der Waals surface area contributed by atoms with Crippen molar-refractivity contribution in [2.75, 3.05) is 7.11 Å². The smallest absolute Gasteiger partial charge is 0.311 e. The molecule has 0 aliphatic heterocycles. The summed E-state index contributed by atoms with van der Waals surface area (Å²) in [6.07, 6.45) is 0. The molecule has 0 saturated heterocycles. The average Bonchev–Trinajstić information content (AvgIpc) is 2.27. The zero-order valence-electron chi connectivity index (χ0n) is 12.0. The van der Waals surface area contributed by atoms with Gasteiger partial charge in [-0.05, 0) is 55.0 Å². The number of rotatable bonds is 4. The van der Waals surface area contributed by atoms with Gasteiger partial charge >= 0.3 is 5.97 Å². The predicted octanol–water partition coefficient (Wildman–Crippen LogP) is 3.44. The van der Waals surface area contributed by atoms with E-state index in [0.717, 1.165) is 28.0 Å². The van der Waals surface area contributed by atoms with Gasteiger partial charge in [-0.3, -0.25) is 4.79 Å². The fourth-order valence-electron chi connectivity index (χ4n) is 2.50. The molecule has 0 aliphatic carbocycles. The summed E-state index contributed by atoms with van der Waals surface area (Å²) < 4.78 is 5.31. The molecule has 18 heavy (non-hydrogen) atoms. The molecule has 0 radical (unpaired) electrons. The first-order chi connectivity index (χ1) is 8.31. The van der Waals surface area contributed by atoms with Gasteiger partial charge in [0, 0.05) is 0 Å². The monoisotopic (exact) mass is 250 g/mol. The molecule has 0 aliphatic rings. The van der Waals surface area contributed by atoms with Gasteiger partial charge in [0.1, 0.15) is 5.75 Å². The molecule has 1 aromatic rings. The fourth-order valence-corrected chi connectivity index (χ4v) is 2.50. The van der Waals surface area contributed by atoms with Crippen molar-refractivity contribution >= 4 is 5.97 Å². The van der Waals surface area contributed by atoms with Crippen molar-refractivity contribution in [3.8, 4) is 5.75 Å². The van der Waals surface area contributed by atoms with Crippen LogP contribution in [0.25, 0.3) is 0 Å². The molecule has 3 heteroatoms. The number of benzene rings is 1. The molecule has 0 spiro atoms. The number of carboxylic acid groups (broad SMARTS) is 1. The number of methoxy groups -OCH3 is 1. The number of aliphatic carboxylic acids is 1. The van der Waals surface area contributed by atoms with Gasteiger partial charge in [0.25, 0.3) is 0 Å². The van der Waals surface area contributed by atoms with E-state index in [1.807, 2.05) is 40.7 Å². The van der Waals surface area contributed by atoms with Crippen LogP contribution in [-0.2, 0) is 4.79 Å². The standard InChI is InChI=1S/C15H22O3/c1-8(2)13(15(16)17)14-9(3)7-12(18-6)10(4)11(14)5/h7-8,13H,1-6H3,(H,16,17). The Hall–Kier alpha value is -1.51. The van der Waals surface area contributed by atoms with E-state index in [1.165, 1.54) is 0 Å². The van der Waals surface area contributed by atoms with Crippen LogP contribution in [0.5, 0.6) is 5.75 Å². The molecule has 0 bridgehead atoms. The lowest BCUT2D eigenvalue weighted by atomic mass is 9.82. The van der Waals surface area contributed by atoms with Crippen molar-refractivity contribution in [2.24, 2.45) is 5.92 Å². The number of ether oxygens (including phenoxy) is 1. The summed E-state index contributed by atoms with van der Waals surface area (Å²) in [6.45, 7) is 9.77. The molecule has 0 heterocycles. The van der Waals surface area contributed by atoms with Gasteiger partial charge in [0.15, 0.2) is 0 Å². The highest BCUT2D eigenvalue weighted by Crippen LogP contribution is 2.35. The van der Waals surface area contributed by atoms with Crippen LogP contribution in [0.2, 0.25) is 0 Å². The second-order valence-corrected chi connectivity index (χ2v) is 5.12. The van der Waals surface area contributed by atoms with Crippen LogP contribution < -0.4 is 4.74 Å². The summed E-state index contributed by atoms with van der Waals surface area (Å²) in [5, 5.41) is 9.43. The summed E-state index contributed by atoms with van der Waals surface area (Å²) in [5.74, 6) is -0.343. The molecule has 1 aromatic carbocycles. The molecule has 0 aromatic heterocycles. The van der Waals surface area contributed by atoms with Gasteiger partial charge in [0.05, 0.1) is 13.0 Å². The van der Waals surface area contributed by atoms with Gasteiger partial charge in [-0.1, -0.05) is 13.8 Å². The molecule has 1 rings (SSSR count). The van der Waals surface area contributed by atoms with Gasteiger partial charge in [-0.25, -0.2) is 0 Å². The lowest BCUT2D eigenvalue weighted by molar-refractivity contribution is -0.139. The maximum absolute atomic E-state index is 11.5. The summed E-state index contributed by atoms with van der Waals surface area (Å²) in [4.78, 5) is 11.5. The maximum atomic E-state index is 11.5. The molecule has 0 amide bonds. The van der Waals surface area contributed by atoms with E-state index in [2.05, 4.69) is 0 Å². The fraction of sp³-hybridized carbons (Fsp3) is 0.533. The third kappa shape index (κ3) is 2.50. The zero-order valence-corrected chi connectivity index (χ0v) is 12.0. The van der Waals surface area contributed by atoms with Gasteiger partial charge in [-0.15, -0.1) is 0 Å². The number of aryl methyl sites for hydroxylation is 1. The highest BCUT2D eigenvalue weighted by molar-refractivity contribution is 5.78. The van der Waals surface area contributed by atoms with Crippen molar-refractivity contribution in [1.29, 1.82) is 0 Å². The first-order valence-electron chi connectivity index (χ1n) is 6.18. The van der Waals surface area contributed by atoms with E-state index >= 15 is 0 Å². The quantitative estimate of drug-likeness (QED) is 0.890. The molecule has 1 unspecified atom stereocenters. The van der Waals surface area contributed by atoms with Crippen molar-refractivity contribution in [3.05, 3.63) is 28.3 Å². The summed E-state index contributed by atoms with van der Waals surface area (Å²) in [6, 6.07) is 1.93. The Morgan fingerprint density at radius 2 is 1.78 bits per heavy atom. The van der Waals surface area contributed by atoms with Crippen molar-refractivity contribution in [3.63, 3.8) is 0 Å². The van der Waals surface area contributed by atoms with E-state index in [9.17, 15) is 9.90 Å². The van der Waals surface area contributed by atoms with E-state index in [0.29, 0.717) is 0 Å². The minimum absolute atomic E-state index is 0.0627.